The van der Waals surface area contributed by atoms with E-state index in [0.29, 0.717) is 6.61 Å². The lowest BCUT2D eigenvalue weighted by Crippen LogP contribution is -2.46. The van der Waals surface area contributed by atoms with E-state index in [-0.39, 0.29) is 6.10 Å². The molecule has 5 rings (SSSR count). The summed E-state index contributed by atoms with van der Waals surface area (Å²) in [4.78, 5) is 24.6. The number of nitrogens with zero attached hydrogens (tertiary/aromatic N) is 7. The van der Waals surface area contributed by atoms with E-state index in [4.69, 9.17) is 4.74 Å². The molecule has 0 aromatic carbocycles. The molecule has 2 aliphatic heterocycles. The molecule has 5 heterocycles. The Bertz CT molecular complexity index is 1090. The highest BCUT2D eigenvalue weighted by Gasteiger charge is 2.22. The second-order valence-electron chi connectivity index (χ2n) is 8.37. The lowest BCUT2D eigenvalue weighted by atomic mass is 10.1. The predicted molar refractivity (Wildman–Crippen MR) is 129 cm³/mol. The Morgan fingerprint density at radius 2 is 1.67 bits per heavy atom. The highest BCUT2D eigenvalue weighted by Crippen LogP contribution is 2.25. The van der Waals surface area contributed by atoms with Crippen molar-refractivity contribution in [2.75, 3.05) is 62.2 Å². The van der Waals surface area contributed by atoms with Crippen molar-refractivity contribution in [2.24, 2.45) is 0 Å². The van der Waals surface area contributed by atoms with Crippen LogP contribution < -0.4 is 9.80 Å². The molecule has 170 valence electrons. The van der Waals surface area contributed by atoms with E-state index in [1.54, 1.807) is 12.5 Å². The van der Waals surface area contributed by atoms with Gasteiger partial charge in [0.25, 0.3) is 0 Å². The minimum absolute atomic E-state index is 0.253. The summed E-state index contributed by atoms with van der Waals surface area (Å²) in [6.07, 6.45) is 7.42. The van der Waals surface area contributed by atoms with E-state index >= 15 is 0 Å². The molecule has 8 heteroatoms. The fraction of sp³-hybridized carbons (Fsp3) is 0.440. The van der Waals surface area contributed by atoms with Crippen LogP contribution in [0.1, 0.15) is 12.8 Å². The summed E-state index contributed by atoms with van der Waals surface area (Å²) >= 11 is 0. The Hall–Kier alpha value is -3.28. The standard InChI is InChI=1S/C25H29N7O/c1-2-10-26-23(7-1)31-17-15-30(16-18-31)12-3-4-19-33-21-8-13-32(14-9-21)25-22-6-5-11-27-24(22)28-20-29-25/h1-2,5-7,10-11,20-21H,8-9,12-19H2. The first-order valence-electron chi connectivity index (χ1n) is 11.6. The number of hydrogen-bond acceptors (Lipinski definition) is 8. The van der Waals surface area contributed by atoms with Crippen molar-refractivity contribution in [3.05, 3.63) is 49.1 Å². The van der Waals surface area contributed by atoms with Gasteiger partial charge in [-0.2, -0.15) is 0 Å². The second-order valence-corrected chi connectivity index (χ2v) is 8.37. The average molecular weight is 444 g/mol. The van der Waals surface area contributed by atoms with Crippen LogP contribution >= 0.6 is 0 Å². The first kappa shape index (κ1) is 21.6. The van der Waals surface area contributed by atoms with E-state index in [1.165, 1.54) is 0 Å². The molecule has 0 unspecified atom stereocenters. The van der Waals surface area contributed by atoms with E-state index in [2.05, 4.69) is 52.5 Å². The molecule has 3 aromatic heterocycles. The number of piperazine rings is 1. The maximum absolute atomic E-state index is 6.04. The van der Waals surface area contributed by atoms with E-state index in [0.717, 1.165) is 81.3 Å². The van der Waals surface area contributed by atoms with E-state index < -0.39 is 0 Å². The van der Waals surface area contributed by atoms with Gasteiger partial charge in [0.1, 0.15) is 24.6 Å². The summed E-state index contributed by atoms with van der Waals surface area (Å²) < 4.78 is 6.04. The van der Waals surface area contributed by atoms with Crippen LogP contribution in [0.15, 0.2) is 49.1 Å². The summed E-state index contributed by atoms with van der Waals surface area (Å²) in [7, 11) is 0. The van der Waals surface area contributed by atoms with Crippen molar-refractivity contribution >= 4 is 22.7 Å². The molecule has 3 aromatic rings. The molecule has 33 heavy (non-hydrogen) atoms. The van der Waals surface area contributed by atoms with Gasteiger partial charge in [-0.05, 0) is 37.1 Å². The topological polar surface area (TPSA) is 70.5 Å². The van der Waals surface area contributed by atoms with E-state index in [1.807, 2.05) is 30.5 Å². The third-order valence-corrected chi connectivity index (χ3v) is 6.29. The average Bonchev–Trinajstić information content (AvgIpc) is 2.89. The Balaban J connectivity index is 1.02. The first-order chi connectivity index (χ1) is 16.4. The summed E-state index contributed by atoms with van der Waals surface area (Å²) in [6, 6.07) is 10.0. The van der Waals surface area contributed by atoms with Crippen LogP contribution in [0.25, 0.3) is 11.0 Å². The van der Waals surface area contributed by atoms with Crippen LogP contribution in [0.5, 0.6) is 0 Å². The number of ether oxygens (including phenoxy) is 1. The molecule has 2 fully saturated rings. The molecule has 0 aliphatic carbocycles. The smallest absolute Gasteiger partial charge is 0.164 e. The minimum Gasteiger partial charge on any atom is -0.365 e. The second kappa shape index (κ2) is 10.6. The minimum atomic E-state index is 0.253. The van der Waals surface area contributed by atoms with Crippen LogP contribution in [-0.4, -0.2) is 83.4 Å². The normalized spacial score (nSPS) is 17.7. The Kier molecular flexibility index (Phi) is 6.90. The third kappa shape index (κ3) is 5.38. The molecular weight excluding hydrogens is 414 g/mol. The third-order valence-electron chi connectivity index (χ3n) is 6.29. The predicted octanol–water partition coefficient (Wildman–Crippen LogP) is 2.23. The van der Waals surface area contributed by atoms with Crippen LogP contribution in [-0.2, 0) is 4.74 Å². The molecule has 0 spiro atoms. The number of fused-ring (bicyclic) bond motifs is 1. The van der Waals surface area contributed by atoms with Gasteiger partial charge >= 0.3 is 0 Å². The van der Waals surface area contributed by atoms with Crippen molar-refractivity contribution in [3.63, 3.8) is 0 Å². The Morgan fingerprint density at radius 1 is 0.818 bits per heavy atom. The SMILES string of the molecule is C(#CCN1CCN(c2ccccn2)CC1)COC1CCN(c2ncnc3ncccc23)CC1. The highest BCUT2D eigenvalue weighted by atomic mass is 16.5. The number of rotatable bonds is 5. The molecule has 0 atom stereocenters. The molecule has 8 nitrogen and oxygen atoms in total. The number of pyridine rings is 2. The Morgan fingerprint density at radius 3 is 2.48 bits per heavy atom. The van der Waals surface area contributed by atoms with Crippen molar-refractivity contribution in [3.8, 4) is 11.8 Å². The van der Waals surface area contributed by atoms with Crippen LogP contribution in [0.2, 0.25) is 0 Å². The molecule has 0 bridgehead atoms. The largest absolute Gasteiger partial charge is 0.365 e. The zero-order valence-corrected chi connectivity index (χ0v) is 18.8. The summed E-state index contributed by atoms with van der Waals surface area (Å²) in [5, 5.41) is 1.01. The summed E-state index contributed by atoms with van der Waals surface area (Å²) in [5.74, 6) is 8.52. The van der Waals surface area contributed by atoms with Gasteiger partial charge in [0.05, 0.1) is 18.0 Å². The fourth-order valence-electron chi connectivity index (χ4n) is 4.42. The molecular formula is C25H29N7O. The van der Waals surface area contributed by atoms with E-state index in [9.17, 15) is 0 Å². The molecule has 2 saturated heterocycles. The highest BCUT2D eigenvalue weighted by molar-refractivity contribution is 5.86. The zero-order valence-electron chi connectivity index (χ0n) is 18.8. The lowest BCUT2D eigenvalue weighted by molar-refractivity contribution is 0.0594. The molecule has 0 N–H and O–H groups in total. The van der Waals surface area contributed by atoms with Gasteiger partial charge in [-0.3, -0.25) is 4.90 Å². The van der Waals surface area contributed by atoms with Crippen molar-refractivity contribution in [2.45, 2.75) is 18.9 Å². The molecule has 0 amide bonds. The quantitative estimate of drug-likeness (QED) is 0.556. The number of hydrogen-bond donors (Lipinski definition) is 0. The number of anilines is 2. The van der Waals surface area contributed by atoms with Gasteiger partial charge in [0, 0.05) is 51.7 Å². The Labute approximate surface area is 194 Å². The summed E-state index contributed by atoms with van der Waals surface area (Å²) in [5.41, 5.74) is 0.745. The van der Waals surface area contributed by atoms with Gasteiger partial charge < -0.3 is 14.5 Å². The fourth-order valence-corrected chi connectivity index (χ4v) is 4.42. The summed E-state index contributed by atoms with van der Waals surface area (Å²) in [6.45, 7) is 7.14. The van der Waals surface area contributed by atoms with Crippen LogP contribution in [0.4, 0.5) is 11.6 Å². The van der Waals surface area contributed by atoms with Crippen molar-refractivity contribution < 1.29 is 4.74 Å². The molecule has 0 saturated carbocycles. The van der Waals surface area contributed by atoms with Crippen molar-refractivity contribution in [1.29, 1.82) is 0 Å². The van der Waals surface area contributed by atoms with Gasteiger partial charge in [-0.1, -0.05) is 17.9 Å². The van der Waals surface area contributed by atoms with Gasteiger partial charge in [-0.25, -0.2) is 19.9 Å². The van der Waals surface area contributed by atoms with Gasteiger partial charge in [-0.15, -0.1) is 0 Å². The number of piperidine rings is 1. The van der Waals surface area contributed by atoms with Crippen LogP contribution in [0.3, 0.4) is 0 Å². The monoisotopic (exact) mass is 443 g/mol. The lowest BCUT2D eigenvalue weighted by Gasteiger charge is -2.34. The number of aromatic nitrogens is 4. The van der Waals surface area contributed by atoms with Crippen molar-refractivity contribution in [1.82, 2.24) is 24.8 Å². The van der Waals surface area contributed by atoms with Gasteiger partial charge in [0.2, 0.25) is 0 Å². The van der Waals surface area contributed by atoms with Gasteiger partial charge in [0.15, 0.2) is 5.65 Å². The molecule has 2 aliphatic rings. The molecule has 0 radical (unpaired) electrons. The zero-order chi connectivity index (χ0) is 22.3. The maximum atomic E-state index is 6.04. The maximum Gasteiger partial charge on any atom is 0.164 e. The first-order valence-corrected chi connectivity index (χ1v) is 11.6. The van der Waals surface area contributed by atoms with Crippen LogP contribution in [0, 0.1) is 11.8 Å².